The molecule has 5 aliphatic rings. The minimum Gasteiger partial charge on any atom is -0.359 e. The van der Waals surface area contributed by atoms with Gasteiger partial charge in [-0.05, 0) is 85.0 Å². The number of aliphatic imine (C=N–C) groups is 4. The molecule has 12 heteroatoms. The maximum absolute atomic E-state index is 5.20. The van der Waals surface area contributed by atoms with Crippen molar-refractivity contribution in [3.63, 3.8) is 0 Å². The third kappa shape index (κ3) is 5.00. The molecule has 56 heavy (non-hydrogen) atoms. The van der Waals surface area contributed by atoms with Gasteiger partial charge in [0.1, 0.15) is 0 Å². The summed E-state index contributed by atoms with van der Waals surface area (Å²) in [5.74, 6) is 0. The second-order valence-electron chi connectivity index (χ2n) is 14.1. The molecule has 1 unspecified atom stereocenters. The van der Waals surface area contributed by atoms with E-state index >= 15 is 0 Å². The highest BCUT2D eigenvalue weighted by Crippen LogP contribution is 2.46. The van der Waals surface area contributed by atoms with Crippen molar-refractivity contribution >= 4 is 149 Å². The van der Waals surface area contributed by atoms with Crippen molar-refractivity contribution in [3.8, 4) is 0 Å². The van der Waals surface area contributed by atoms with Crippen molar-refractivity contribution < 1.29 is 0 Å². The van der Waals surface area contributed by atoms with Crippen molar-refractivity contribution in [2.75, 3.05) is 0 Å². The molecular formula is C44H24N6S6. The topological polar surface area (TPSA) is 81.0 Å². The van der Waals surface area contributed by atoms with Gasteiger partial charge in [0.25, 0.3) is 0 Å². The normalized spacial score (nSPS) is 21.4. The molecule has 6 nitrogen and oxygen atoms in total. The number of H-pyrrole nitrogens is 2. The van der Waals surface area contributed by atoms with E-state index in [0.717, 1.165) is 63.4 Å². The fraction of sp³-hybridized carbons (Fsp3) is 0.0455. The predicted molar refractivity (Wildman–Crippen MR) is 246 cm³/mol. The summed E-state index contributed by atoms with van der Waals surface area (Å²) >= 11 is 10.9. The number of fused-ring (bicyclic) bond motifs is 14. The van der Waals surface area contributed by atoms with Crippen LogP contribution in [0.4, 0.5) is 0 Å². The van der Waals surface area contributed by atoms with Gasteiger partial charge in [-0.25, -0.2) is 15.0 Å². The molecule has 0 saturated heterocycles. The lowest BCUT2D eigenvalue weighted by Crippen LogP contribution is -2.03. The maximum atomic E-state index is 5.20. The first-order chi connectivity index (χ1) is 27.6. The molecule has 13 heterocycles. The smallest absolute Gasteiger partial charge is 0.0824 e. The molecule has 0 saturated carbocycles. The lowest BCUT2D eigenvalue weighted by Gasteiger charge is -2.03. The highest BCUT2D eigenvalue weighted by Gasteiger charge is 2.24. The molecule has 2 N–H and O–H groups in total. The number of thiophene rings is 6. The zero-order chi connectivity index (χ0) is 36.5. The van der Waals surface area contributed by atoms with E-state index in [2.05, 4.69) is 123 Å². The van der Waals surface area contributed by atoms with E-state index in [1.165, 1.54) is 65.5 Å². The lowest BCUT2D eigenvalue weighted by molar-refractivity contribution is 0.807. The number of allylic oxidation sites excluding steroid dienone is 7. The van der Waals surface area contributed by atoms with Crippen LogP contribution in [0.2, 0.25) is 0 Å². The number of rotatable bonds is 0. The van der Waals surface area contributed by atoms with Gasteiger partial charge in [-0.15, -0.1) is 68.0 Å². The van der Waals surface area contributed by atoms with Crippen LogP contribution in [0.3, 0.4) is 0 Å². The summed E-state index contributed by atoms with van der Waals surface area (Å²) < 4.78 is 5.20. The molecule has 0 amide bonds. The number of nitrogens with one attached hydrogen (secondary N) is 2. The summed E-state index contributed by atoms with van der Waals surface area (Å²) in [6.45, 7) is 0. The number of hydrogen-bond donors (Lipinski definition) is 2. The average Bonchev–Trinajstić information content (AvgIpc) is 4.02. The predicted octanol–water partition coefficient (Wildman–Crippen LogP) is 12.8. The Kier molecular flexibility index (Phi) is 6.86. The molecule has 16 bridgehead atoms. The van der Waals surface area contributed by atoms with E-state index < -0.39 is 0 Å². The number of hydrogen-bond acceptors (Lipinski definition) is 10. The van der Waals surface area contributed by atoms with Crippen LogP contribution in [-0.4, -0.2) is 38.9 Å². The fourth-order valence-electron chi connectivity index (χ4n) is 7.88. The van der Waals surface area contributed by atoms with Gasteiger partial charge in [-0.1, -0.05) is 6.08 Å². The first kappa shape index (κ1) is 31.8. The fourth-order valence-corrected chi connectivity index (χ4v) is 15.3. The molecule has 5 aliphatic heterocycles. The largest absolute Gasteiger partial charge is 0.359 e. The summed E-state index contributed by atoms with van der Waals surface area (Å²) in [6.07, 6.45) is 24.4. The van der Waals surface area contributed by atoms with Gasteiger partial charge >= 0.3 is 0 Å². The van der Waals surface area contributed by atoms with E-state index in [4.69, 9.17) is 20.0 Å². The zero-order valence-corrected chi connectivity index (χ0v) is 33.9. The van der Waals surface area contributed by atoms with Gasteiger partial charge < -0.3 is 9.97 Å². The standard InChI is InChI=1S/C44H24N6S6/c1-2-22-14-26-6-10-34(48-26)42-38-31(18-52-42)32-20-54-44(40(32)56-38)36-12-8-28(50-36)16-24-4-3-23(46-24)15-27-7-11-35(49-27)43-39-30(19-53-43)29-17-51-41(37(29)55-39)33-9-5-25(47-33)13-21(1)45-22/h1-15,17-20,28,45-46H,16H2/b25-13-,26-14-,27-15-. The quantitative estimate of drug-likeness (QED) is 0.153. The molecule has 0 aliphatic carbocycles. The number of aromatic amines is 2. The Morgan fingerprint density at radius 1 is 0.464 bits per heavy atom. The number of nitrogens with zero attached hydrogens (tertiary/aromatic N) is 4. The SMILES string of the molecule is C1=C/C2=C/c3ccc([nH]3)/C=C3/C=CC(=N3)c3scc4c3sc3c(scc34)C3=NC(C=C3)Cc3ccc([nH]3)/C=C3/C=CC(=N3)c3scc4c3sc3c(scc34)C1=N2. The van der Waals surface area contributed by atoms with E-state index in [9.17, 15) is 0 Å². The summed E-state index contributed by atoms with van der Waals surface area (Å²) in [5, 5.41) is 14.4. The van der Waals surface area contributed by atoms with E-state index in [1.54, 1.807) is 45.3 Å². The first-order valence-electron chi connectivity index (χ1n) is 18.1. The molecule has 0 radical (unpaired) electrons. The van der Waals surface area contributed by atoms with Crippen molar-refractivity contribution in [1.82, 2.24) is 9.97 Å². The third-order valence-corrected chi connectivity index (χ3v) is 17.5. The number of aromatic nitrogens is 2. The van der Waals surface area contributed by atoms with Crippen LogP contribution in [-0.2, 0) is 6.42 Å². The second-order valence-corrected chi connectivity index (χ2v) is 19.6. The van der Waals surface area contributed by atoms with Gasteiger partial charge in [-0.2, -0.15) is 0 Å². The summed E-state index contributed by atoms with van der Waals surface area (Å²) in [6, 6.07) is 8.63. The van der Waals surface area contributed by atoms with Crippen LogP contribution in [0.5, 0.6) is 0 Å². The molecular weight excluding hydrogens is 805 g/mol. The Bertz CT molecular complexity index is 3400. The van der Waals surface area contributed by atoms with Crippen LogP contribution in [0.1, 0.15) is 42.3 Å². The molecule has 8 aromatic heterocycles. The van der Waals surface area contributed by atoms with Crippen LogP contribution in [0.15, 0.2) is 131 Å². The molecule has 8 aromatic rings. The van der Waals surface area contributed by atoms with Crippen LogP contribution in [0, 0.1) is 0 Å². The molecule has 1 atom stereocenters. The van der Waals surface area contributed by atoms with Gasteiger partial charge in [0.2, 0.25) is 0 Å². The molecule has 0 fully saturated rings. The Hall–Kier alpha value is -5.34. The van der Waals surface area contributed by atoms with Crippen molar-refractivity contribution in [3.05, 3.63) is 154 Å². The van der Waals surface area contributed by atoms with Crippen molar-refractivity contribution in [1.29, 1.82) is 0 Å². The molecule has 13 rings (SSSR count). The lowest BCUT2D eigenvalue weighted by atomic mass is 10.2. The van der Waals surface area contributed by atoms with Crippen molar-refractivity contribution in [2.24, 2.45) is 20.0 Å². The molecule has 266 valence electrons. The average molecular weight is 829 g/mol. The van der Waals surface area contributed by atoms with Crippen LogP contribution >= 0.6 is 68.0 Å². The minimum atomic E-state index is 0.0956. The van der Waals surface area contributed by atoms with E-state index in [0.29, 0.717) is 0 Å². The summed E-state index contributed by atoms with van der Waals surface area (Å²) in [7, 11) is 0. The summed E-state index contributed by atoms with van der Waals surface area (Å²) in [5.41, 5.74) is 11.2. The van der Waals surface area contributed by atoms with Crippen LogP contribution in [0.25, 0.3) is 58.6 Å². The maximum Gasteiger partial charge on any atom is 0.0824 e. The minimum absolute atomic E-state index is 0.0956. The molecule has 0 aromatic carbocycles. The Morgan fingerprint density at radius 2 is 0.893 bits per heavy atom. The zero-order valence-electron chi connectivity index (χ0n) is 29.0. The van der Waals surface area contributed by atoms with E-state index in [1.807, 2.05) is 22.7 Å². The van der Waals surface area contributed by atoms with E-state index in [-0.39, 0.29) is 6.04 Å². The van der Waals surface area contributed by atoms with Gasteiger partial charge in [0.05, 0.1) is 84.3 Å². The van der Waals surface area contributed by atoms with Gasteiger partial charge in [-0.3, -0.25) is 4.99 Å². The summed E-state index contributed by atoms with van der Waals surface area (Å²) in [4.78, 5) is 32.5. The Labute approximate surface area is 343 Å². The Balaban J connectivity index is 0.907. The second kappa shape index (κ2) is 12.1. The van der Waals surface area contributed by atoms with Gasteiger partial charge in [0.15, 0.2) is 0 Å². The third-order valence-electron chi connectivity index (χ3n) is 10.5. The first-order valence-corrected chi connectivity index (χ1v) is 23.2. The van der Waals surface area contributed by atoms with Crippen LogP contribution < -0.4 is 0 Å². The Morgan fingerprint density at radius 3 is 1.38 bits per heavy atom. The molecule has 0 spiro atoms. The van der Waals surface area contributed by atoms with Gasteiger partial charge in [0, 0.05) is 72.3 Å². The van der Waals surface area contributed by atoms with Crippen molar-refractivity contribution in [2.45, 2.75) is 12.5 Å². The highest BCUT2D eigenvalue weighted by atomic mass is 32.1. The monoisotopic (exact) mass is 828 g/mol. The highest BCUT2D eigenvalue weighted by molar-refractivity contribution is 7.33.